The minimum atomic E-state index is -0.0935. The number of benzene rings is 1. The summed E-state index contributed by atoms with van der Waals surface area (Å²) < 4.78 is 0. The molecule has 39 heavy (non-hydrogen) atoms. The van der Waals surface area contributed by atoms with Crippen molar-refractivity contribution in [3.05, 3.63) is 66.7 Å². The van der Waals surface area contributed by atoms with Crippen LogP contribution in [0.15, 0.2) is 61.1 Å². The van der Waals surface area contributed by atoms with E-state index in [0.29, 0.717) is 17.9 Å². The fraction of sp³-hybridized carbons (Fsp3) is 0.355. The van der Waals surface area contributed by atoms with Crippen LogP contribution >= 0.6 is 0 Å². The molecule has 3 aromatic heterocycles. The Hall–Kier alpha value is -4.20. The van der Waals surface area contributed by atoms with Gasteiger partial charge in [0.25, 0.3) is 0 Å². The van der Waals surface area contributed by atoms with Crippen LogP contribution in [0.2, 0.25) is 0 Å². The number of hydrogen-bond acceptors (Lipinski definition) is 5. The Bertz CT molecular complexity index is 1580. The summed E-state index contributed by atoms with van der Waals surface area (Å²) in [6.45, 7) is 14.1. The van der Waals surface area contributed by atoms with Crippen molar-refractivity contribution in [3.63, 3.8) is 0 Å². The summed E-state index contributed by atoms with van der Waals surface area (Å²) >= 11 is 0. The SMILES string of the molecule is C=C/C(=C\C(=C/C)c1ccc2[nH]nc(-c3nc4c(N5CCCCC5)cncc4[nH]3)c2c1)NC(=O)CC(C)(C)C. The molecule has 0 saturated carbocycles. The minimum absolute atomic E-state index is 0.0278. The molecule has 4 aromatic rings. The average molecular weight is 524 g/mol. The number of allylic oxidation sites excluding steroid dienone is 4. The highest BCUT2D eigenvalue weighted by Crippen LogP contribution is 2.32. The first kappa shape index (κ1) is 26.4. The van der Waals surface area contributed by atoms with Crippen molar-refractivity contribution < 1.29 is 4.79 Å². The molecule has 0 atom stereocenters. The van der Waals surface area contributed by atoms with Crippen LogP contribution in [0.5, 0.6) is 0 Å². The van der Waals surface area contributed by atoms with E-state index in [1.54, 1.807) is 6.08 Å². The number of aromatic nitrogens is 5. The van der Waals surface area contributed by atoms with Crippen LogP contribution in [-0.4, -0.2) is 44.1 Å². The second kappa shape index (κ2) is 10.9. The van der Waals surface area contributed by atoms with Gasteiger partial charge in [0.15, 0.2) is 5.82 Å². The Morgan fingerprint density at radius 2 is 1.95 bits per heavy atom. The van der Waals surface area contributed by atoms with Gasteiger partial charge in [-0.05, 0) is 67.0 Å². The molecule has 5 rings (SSSR count). The van der Waals surface area contributed by atoms with Crippen LogP contribution in [0.1, 0.15) is 58.9 Å². The standard InChI is InChI=1S/C31H37N7O/c1-6-20(15-22(7-2)33-27(39)17-31(3,4)5)21-11-12-24-23(16-21)28(37-36-24)30-34-25-18-32-19-26(29(25)35-30)38-13-9-8-10-14-38/h6-7,11-12,15-16,18-19H,2,8-10,13-14,17H2,1,3-5H3,(H,33,39)(H,34,35)(H,36,37)/b20-6+,22-15+. The molecule has 0 unspecified atom stereocenters. The summed E-state index contributed by atoms with van der Waals surface area (Å²) in [7, 11) is 0. The van der Waals surface area contributed by atoms with Gasteiger partial charge in [0.1, 0.15) is 11.2 Å². The number of imidazole rings is 1. The van der Waals surface area contributed by atoms with Crippen LogP contribution in [-0.2, 0) is 4.79 Å². The molecule has 1 aromatic carbocycles. The summed E-state index contributed by atoms with van der Waals surface area (Å²) in [5.41, 5.74) is 7.12. The molecule has 1 fully saturated rings. The molecule has 4 heterocycles. The number of amides is 1. The molecule has 1 saturated heterocycles. The molecule has 0 spiro atoms. The number of nitrogens with zero attached hydrogens (tertiary/aromatic N) is 4. The molecule has 8 nitrogen and oxygen atoms in total. The van der Waals surface area contributed by atoms with Crippen molar-refractivity contribution in [3.8, 4) is 11.5 Å². The van der Waals surface area contributed by atoms with E-state index in [4.69, 9.17) is 4.98 Å². The monoisotopic (exact) mass is 523 g/mol. The summed E-state index contributed by atoms with van der Waals surface area (Å²) in [5, 5.41) is 11.7. The molecular weight excluding hydrogens is 486 g/mol. The van der Waals surface area contributed by atoms with Crippen molar-refractivity contribution in [2.45, 2.75) is 53.4 Å². The van der Waals surface area contributed by atoms with Crippen molar-refractivity contribution in [2.75, 3.05) is 18.0 Å². The van der Waals surface area contributed by atoms with Crippen molar-refractivity contribution in [1.29, 1.82) is 0 Å². The highest BCUT2D eigenvalue weighted by molar-refractivity contribution is 5.97. The van der Waals surface area contributed by atoms with Crippen LogP contribution in [0.25, 0.3) is 39.0 Å². The maximum Gasteiger partial charge on any atom is 0.224 e. The molecule has 1 aliphatic rings. The number of carbonyl (C=O) groups is 1. The molecule has 8 heteroatoms. The smallest absolute Gasteiger partial charge is 0.224 e. The van der Waals surface area contributed by atoms with Crippen LogP contribution in [0.3, 0.4) is 0 Å². The normalized spacial score (nSPS) is 15.2. The van der Waals surface area contributed by atoms with E-state index in [1.807, 2.05) is 64.4 Å². The third kappa shape index (κ3) is 5.79. The topological polar surface area (TPSA) is 103 Å². The summed E-state index contributed by atoms with van der Waals surface area (Å²) in [6.07, 6.45) is 13.5. The molecule has 0 aliphatic carbocycles. The zero-order chi connectivity index (χ0) is 27.6. The number of nitrogens with one attached hydrogen (secondary N) is 3. The second-order valence-corrected chi connectivity index (χ2v) is 11.4. The van der Waals surface area contributed by atoms with E-state index >= 15 is 0 Å². The summed E-state index contributed by atoms with van der Waals surface area (Å²) in [4.78, 5) is 27.8. The Morgan fingerprint density at radius 1 is 1.15 bits per heavy atom. The average Bonchev–Trinajstić information content (AvgIpc) is 3.54. The van der Waals surface area contributed by atoms with E-state index in [9.17, 15) is 4.79 Å². The number of pyridine rings is 1. The lowest BCUT2D eigenvalue weighted by Gasteiger charge is -2.28. The lowest BCUT2D eigenvalue weighted by atomic mass is 9.92. The Balaban J connectivity index is 1.48. The molecule has 202 valence electrons. The predicted octanol–water partition coefficient (Wildman–Crippen LogP) is 6.52. The molecule has 3 N–H and O–H groups in total. The van der Waals surface area contributed by atoms with Gasteiger partial charge in [0.05, 0.1) is 29.1 Å². The lowest BCUT2D eigenvalue weighted by Crippen LogP contribution is -2.29. The summed E-state index contributed by atoms with van der Waals surface area (Å²) in [5.74, 6) is 0.679. The first-order valence-electron chi connectivity index (χ1n) is 13.6. The number of carbonyl (C=O) groups excluding carboxylic acids is 1. The van der Waals surface area contributed by atoms with Gasteiger partial charge in [-0.15, -0.1) is 0 Å². The number of hydrogen-bond donors (Lipinski definition) is 3. The Labute approximate surface area is 229 Å². The van der Waals surface area contributed by atoms with E-state index in [-0.39, 0.29) is 11.3 Å². The van der Waals surface area contributed by atoms with Crippen LogP contribution < -0.4 is 10.2 Å². The van der Waals surface area contributed by atoms with Gasteiger partial charge in [-0.1, -0.05) is 39.5 Å². The third-order valence-electron chi connectivity index (χ3n) is 7.01. The van der Waals surface area contributed by atoms with Gasteiger partial charge in [-0.25, -0.2) is 4.98 Å². The molecule has 1 amide bonds. The highest BCUT2D eigenvalue weighted by atomic mass is 16.1. The lowest BCUT2D eigenvalue weighted by molar-refractivity contribution is -0.122. The van der Waals surface area contributed by atoms with Crippen molar-refractivity contribution >= 4 is 39.1 Å². The van der Waals surface area contributed by atoms with E-state index in [1.165, 1.54) is 19.3 Å². The molecule has 1 aliphatic heterocycles. The number of aromatic amines is 2. The Morgan fingerprint density at radius 3 is 2.67 bits per heavy atom. The van der Waals surface area contributed by atoms with Gasteiger partial charge in [-0.3, -0.25) is 14.9 Å². The maximum atomic E-state index is 12.5. The quantitative estimate of drug-likeness (QED) is 0.239. The molecular formula is C31H37N7O. The summed E-state index contributed by atoms with van der Waals surface area (Å²) in [6, 6.07) is 6.17. The van der Waals surface area contributed by atoms with Gasteiger partial charge in [0.2, 0.25) is 5.91 Å². The van der Waals surface area contributed by atoms with E-state index < -0.39 is 0 Å². The minimum Gasteiger partial charge on any atom is -0.368 e. The van der Waals surface area contributed by atoms with E-state index in [0.717, 1.165) is 57.5 Å². The number of fused-ring (bicyclic) bond motifs is 2. The van der Waals surface area contributed by atoms with Gasteiger partial charge in [-0.2, -0.15) is 5.10 Å². The maximum absolute atomic E-state index is 12.5. The number of rotatable bonds is 7. The van der Waals surface area contributed by atoms with Crippen LogP contribution in [0, 0.1) is 5.41 Å². The molecule has 0 bridgehead atoms. The highest BCUT2D eigenvalue weighted by Gasteiger charge is 2.20. The molecule has 0 radical (unpaired) electrons. The zero-order valence-electron chi connectivity index (χ0n) is 23.3. The van der Waals surface area contributed by atoms with Crippen molar-refractivity contribution in [2.24, 2.45) is 5.41 Å². The van der Waals surface area contributed by atoms with Crippen molar-refractivity contribution in [1.82, 2.24) is 30.5 Å². The predicted molar refractivity (Wildman–Crippen MR) is 159 cm³/mol. The Kier molecular flexibility index (Phi) is 7.37. The van der Waals surface area contributed by atoms with Gasteiger partial charge < -0.3 is 15.2 Å². The number of anilines is 1. The van der Waals surface area contributed by atoms with Gasteiger partial charge >= 0.3 is 0 Å². The largest absolute Gasteiger partial charge is 0.368 e. The third-order valence-corrected chi connectivity index (χ3v) is 7.01. The zero-order valence-corrected chi connectivity index (χ0v) is 23.3. The fourth-order valence-corrected chi connectivity index (χ4v) is 5.11. The first-order chi connectivity index (χ1) is 18.8. The number of piperidine rings is 1. The van der Waals surface area contributed by atoms with Crippen LogP contribution in [0.4, 0.5) is 5.69 Å². The first-order valence-corrected chi connectivity index (χ1v) is 13.6. The second-order valence-electron chi connectivity index (χ2n) is 11.4. The fourth-order valence-electron chi connectivity index (χ4n) is 5.11. The van der Waals surface area contributed by atoms with E-state index in [2.05, 4.69) is 43.0 Å². The number of H-pyrrole nitrogens is 2. The van der Waals surface area contributed by atoms with Gasteiger partial charge in [0, 0.05) is 30.6 Å².